The number of aromatic nitrogens is 1. The molecule has 0 aliphatic carbocycles. The second kappa shape index (κ2) is 9.36. The molecule has 1 radical (unpaired) electrons. The summed E-state index contributed by atoms with van der Waals surface area (Å²) in [5, 5.41) is 9.78. The molecule has 153 valence electrons. The Kier molecular flexibility index (Phi) is 6.19. The highest BCUT2D eigenvalue weighted by atomic mass is 32.1. The Labute approximate surface area is 185 Å². The molecule has 1 N–H and O–H groups in total. The molecule has 1 aromatic heterocycles. The third kappa shape index (κ3) is 4.11. The van der Waals surface area contributed by atoms with Gasteiger partial charge in [-0.15, -0.1) is 11.3 Å². The first-order valence-corrected chi connectivity index (χ1v) is 10.6. The van der Waals surface area contributed by atoms with Crippen molar-refractivity contribution in [2.24, 2.45) is 5.16 Å². The van der Waals surface area contributed by atoms with Crippen LogP contribution in [-0.2, 0) is 15.2 Å². The van der Waals surface area contributed by atoms with Gasteiger partial charge in [0.1, 0.15) is 18.3 Å². The Bertz CT molecular complexity index is 1060. The molecule has 0 unspecified atom stereocenters. The van der Waals surface area contributed by atoms with Gasteiger partial charge in [0.2, 0.25) is 0 Å². The van der Waals surface area contributed by atoms with Gasteiger partial charge in [-0.3, -0.25) is 4.79 Å². The number of thiazole rings is 1. The minimum Gasteiger partial charge on any atom is -0.398 e. The number of hydrogen-bond donors (Lipinski definition) is 1. The van der Waals surface area contributed by atoms with Crippen molar-refractivity contribution in [1.82, 2.24) is 4.98 Å². The van der Waals surface area contributed by atoms with Crippen molar-refractivity contribution in [3.63, 3.8) is 0 Å². The maximum absolute atomic E-state index is 11.3. The van der Waals surface area contributed by atoms with Gasteiger partial charge in [0, 0.05) is 5.38 Å². The molecule has 0 saturated carbocycles. The van der Waals surface area contributed by atoms with Crippen LogP contribution < -0.4 is 5.32 Å². The van der Waals surface area contributed by atoms with Crippen molar-refractivity contribution >= 4 is 28.5 Å². The summed E-state index contributed by atoms with van der Waals surface area (Å²) in [5.41, 5.74) is 2.94. The van der Waals surface area contributed by atoms with Gasteiger partial charge in [0.05, 0.1) is 0 Å². The average molecular weight is 427 g/mol. The molecule has 0 aliphatic heterocycles. The molecule has 0 bridgehead atoms. The number of carbonyl (C=O) groups excluding carboxylic acids is 1. The van der Waals surface area contributed by atoms with E-state index in [9.17, 15) is 4.79 Å². The van der Waals surface area contributed by atoms with E-state index in [2.05, 4.69) is 51.9 Å². The predicted octanol–water partition coefficient (Wildman–Crippen LogP) is 5.01. The molecular weight excluding hydrogens is 406 g/mol. The molecule has 0 fully saturated rings. The highest BCUT2D eigenvalue weighted by molar-refractivity contribution is 7.14. The van der Waals surface area contributed by atoms with Crippen molar-refractivity contribution in [2.75, 3.05) is 12.4 Å². The summed E-state index contributed by atoms with van der Waals surface area (Å²) >= 11 is 1.39. The summed E-state index contributed by atoms with van der Waals surface area (Å²) in [6.45, 7) is 0. The molecule has 0 amide bonds. The summed E-state index contributed by atoms with van der Waals surface area (Å²) in [5.74, 6) is 0. The number of benzene rings is 3. The van der Waals surface area contributed by atoms with Crippen LogP contribution in [0.5, 0.6) is 0 Å². The van der Waals surface area contributed by atoms with Crippen molar-refractivity contribution in [3.05, 3.63) is 119 Å². The van der Waals surface area contributed by atoms with E-state index in [4.69, 9.17) is 4.84 Å². The second-order valence-electron chi connectivity index (χ2n) is 6.74. The standard InChI is InChI=1S/C25H20N3O2S/c1-30-28-22(17-29)23-18-31-24(26-23)27-25(19-11-5-2-6-12-19,20-13-7-3-8-14-20)21-15-9-4-10-16-21/h2-16,18H,1H3,(H,26,27)/b28-22-. The Morgan fingerprint density at radius 1 is 0.903 bits per heavy atom. The Hall–Kier alpha value is -3.77. The van der Waals surface area contributed by atoms with Gasteiger partial charge in [-0.05, 0) is 16.7 Å². The number of hydrogen-bond acceptors (Lipinski definition) is 6. The number of oxime groups is 1. The average Bonchev–Trinajstić information content (AvgIpc) is 3.31. The summed E-state index contributed by atoms with van der Waals surface area (Å²) in [6, 6.07) is 30.7. The lowest BCUT2D eigenvalue weighted by molar-refractivity contribution is 0.214. The maximum Gasteiger partial charge on any atom is 0.259 e. The minimum atomic E-state index is -0.692. The normalized spacial score (nSPS) is 11.7. The fourth-order valence-electron chi connectivity index (χ4n) is 3.59. The fraction of sp³-hybridized carbons (Fsp3) is 0.0800. The van der Waals surface area contributed by atoms with Crippen LogP contribution in [0.3, 0.4) is 0 Å². The Morgan fingerprint density at radius 2 is 1.39 bits per heavy atom. The number of nitrogens with zero attached hydrogens (tertiary/aromatic N) is 2. The highest BCUT2D eigenvalue weighted by Gasteiger charge is 2.37. The van der Waals surface area contributed by atoms with E-state index in [1.165, 1.54) is 18.4 Å². The first-order valence-electron chi connectivity index (χ1n) is 9.68. The molecule has 5 nitrogen and oxygen atoms in total. The van der Waals surface area contributed by atoms with E-state index in [1.54, 1.807) is 11.7 Å². The quantitative estimate of drug-likeness (QED) is 0.244. The topological polar surface area (TPSA) is 63.6 Å². The van der Waals surface area contributed by atoms with E-state index in [0.717, 1.165) is 16.7 Å². The van der Waals surface area contributed by atoms with Crippen molar-refractivity contribution in [1.29, 1.82) is 0 Å². The molecule has 6 heteroatoms. The highest BCUT2D eigenvalue weighted by Crippen LogP contribution is 2.40. The van der Waals surface area contributed by atoms with Gasteiger partial charge in [0.25, 0.3) is 6.29 Å². The summed E-state index contributed by atoms with van der Waals surface area (Å²) in [4.78, 5) is 20.6. The SMILES string of the molecule is CO/N=C(/[C]=O)c1csc(NC(c2ccccc2)(c2ccccc2)c2ccccc2)n1. The lowest BCUT2D eigenvalue weighted by atomic mass is 9.77. The van der Waals surface area contributed by atoms with Crippen LogP contribution in [-0.4, -0.2) is 24.1 Å². The predicted molar refractivity (Wildman–Crippen MR) is 124 cm³/mol. The van der Waals surface area contributed by atoms with Crippen LogP contribution in [0.15, 0.2) is 102 Å². The van der Waals surface area contributed by atoms with Crippen molar-refractivity contribution < 1.29 is 9.63 Å². The van der Waals surface area contributed by atoms with Gasteiger partial charge in [-0.2, -0.15) is 0 Å². The van der Waals surface area contributed by atoms with Gasteiger partial charge < -0.3 is 10.2 Å². The third-order valence-electron chi connectivity index (χ3n) is 4.94. The lowest BCUT2D eigenvalue weighted by Crippen LogP contribution is -2.38. The van der Waals surface area contributed by atoms with E-state index >= 15 is 0 Å². The zero-order valence-corrected chi connectivity index (χ0v) is 17.7. The van der Waals surface area contributed by atoms with Gasteiger partial charge >= 0.3 is 0 Å². The molecule has 0 atom stereocenters. The fourth-order valence-corrected chi connectivity index (χ4v) is 4.34. The van der Waals surface area contributed by atoms with E-state index in [0.29, 0.717) is 10.8 Å². The van der Waals surface area contributed by atoms with Crippen LogP contribution in [0.25, 0.3) is 0 Å². The van der Waals surface area contributed by atoms with Crippen LogP contribution in [0.2, 0.25) is 0 Å². The number of nitrogens with one attached hydrogen (secondary N) is 1. The molecule has 0 saturated heterocycles. The number of anilines is 1. The molecule has 0 aliphatic rings. The first kappa shape index (κ1) is 20.5. The van der Waals surface area contributed by atoms with Gasteiger partial charge in [-0.1, -0.05) is 96.2 Å². The van der Waals surface area contributed by atoms with E-state index in [1.807, 2.05) is 54.6 Å². The lowest BCUT2D eigenvalue weighted by Gasteiger charge is -2.36. The largest absolute Gasteiger partial charge is 0.398 e. The van der Waals surface area contributed by atoms with E-state index < -0.39 is 5.54 Å². The van der Waals surface area contributed by atoms with Crippen molar-refractivity contribution in [3.8, 4) is 0 Å². The summed E-state index contributed by atoms with van der Waals surface area (Å²) in [6.07, 6.45) is 1.78. The number of rotatable bonds is 8. The maximum atomic E-state index is 11.3. The Balaban J connectivity index is 1.90. The second-order valence-corrected chi connectivity index (χ2v) is 7.59. The van der Waals surface area contributed by atoms with Crippen LogP contribution in [0.4, 0.5) is 5.13 Å². The van der Waals surface area contributed by atoms with Crippen LogP contribution in [0, 0.1) is 0 Å². The van der Waals surface area contributed by atoms with Gasteiger partial charge in [-0.25, -0.2) is 4.98 Å². The minimum absolute atomic E-state index is 0.0246. The molecule has 4 aromatic rings. The zero-order valence-electron chi connectivity index (χ0n) is 16.9. The molecular formula is C25H20N3O2S. The van der Waals surface area contributed by atoms with Crippen LogP contribution in [0.1, 0.15) is 22.4 Å². The summed E-state index contributed by atoms with van der Waals surface area (Å²) in [7, 11) is 1.38. The Morgan fingerprint density at radius 3 is 1.81 bits per heavy atom. The van der Waals surface area contributed by atoms with Crippen LogP contribution >= 0.6 is 11.3 Å². The molecule has 0 spiro atoms. The molecule has 1 heterocycles. The van der Waals surface area contributed by atoms with Gasteiger partial charge in [0.15, 0.2) is 10.8 Å². The zero-order chi connectivity index (χ0) is 21.5. The molecule has 3 aromatic carbocycles. The molecule has 4 rings (SSSR count). The van der Waals surface area contributed by atoms with E-state index in [-0.39, 0.29) is 5.71 Å². The first-order chi connectivity index (χ1) is 15.3. The third-order valence-corrected chi connectivity index (χ3v) is 5.70. The molecule has 31 heavy (non-hydrogen) atoms. The summed E-state index contributed by atoms with van der Waals surface area (Å²) < 4.78 is 0. The monoisotopic (exact) mass is 426 g/mol. The smallest absolute Gasteiger partial charge is 0.259 e. The van der Waals surface area contributed by atoms with Crippen molar-refractivity contribution in [2.45, 2.75) is 5.54 Å².